The van der Waals surface area contributed by atoms with Crippen molar-refractivity contribution in [2.75, 3.05) is 0 Å². The highest BCUT2D eigenvalue weighted by molar-refractivity contribution is 4.79. The van der Waals surface area contributed by atoms with Crippen molar-refractivity contribution in [3.63, 3.8) is 0 Å². The van der Waals surface area contributed by atoms with Gasteiger partial charge in [0, 0.05) is 12.4 Å². The van der Waals surface area contributed by atoms with Crippen LogP contribution in [-0.4, -0.2) is 9.55 Å². The largest absolute Gasteiger partial charge is 0.327 e. The van der Waals surface area contributed by atoms with Crippen LogP contribution in [0.5, 0.6) is 0 Å². The summed E-state index contributed by atoms with van der Waals surface area (Å²) in [4.78, 5) is 3.79. The summed E-state index contributed by atoms with van der Waals surface area (Å²) in [7, 11) is 0. The average Bonchev–Trinajstić information content (AvgIpc) is 2.14. The van der Waals surface area contributed by atoms with Crippen LogP contribution < -0.4 is 0 Å². The minimum Gasteiger partial charge on any atom is -0.327 e. The highest BCUT2D eigenvalue weighted by Crippen LogP contribution is 1.83. The standard InChI is InChI=1S/C5H6N2/c1-2-7-4-3-6-5-7/h3-5H,1H3. The maximum absolute atomic E-state index is 3.79. The second-order valence-electron chi connectivity index (χ2n) is 1.19. The van der Waals surface area contributed by atoms with Gasteiger partial charge < -0.3 is 4.57 Å². The van der Waals surface area contributed by atoms with Gasteiger partial charge in [-0.1, -0.05) is 0 Å². The lowest BCUT2D eigenvalue weighted by Gasteiger charge is -1.85. The molecule has 0 atom stereocenters. The highest BCUT2D eigenvalue weighted by atomic mass is 15.0. The van der Waals surface area contributed by atoms with E-state index >= 15 is 0 Å². The van der Waals surface area contributed by atoms with E-state index in [9.17, 15) is 0 Å². The molecule has 0 amide bonds. The summed E-state index contributed by atoms with van der Waals surface area (Å²) in [6, 6.07) is 0. The molecule has 0 saturated heterocycles. The molecule has 1 heterocycles. The monoisotopic (exact) mass is 94.1 g/mol. The lowest BCUT2D eigenvalue weighted by molar-refractivity contribution is 0.956. The average molecular weight is 94.1 g/mol. The first-order valence-corrected chi connectivity index (χ1v) is 2.09. The molecule has 2 nitrogen and oxygen atoms in total. The van der Waals surface area contributed by atoms with Crippen LogP contribution in [0.15, 0.2) is 18.7 Å². The Kier molecular flexibility index (Phi) is 1.11. The maximum Gasteiger partial charge on any atom is 0.0952 e. The molecule has 2 radical (unpaired) electrons. The van der Waals surface area contributed by atoms with Crippen molar-refractivity contribution in [2.24, 2.45) is 0 Å². The van der Waals surface area contributed by atoms with Gasteiger partial charge in [0.05, 0.1) is 12.9 Å². The Labute approximate surface area is 42.8 Å². The van der Waals surface area contributed by atoms with E-state index in [-0.39, 0.29) is 0 Å². The van der Waals surface area contributed by atoms with Crippen molar-refractivity contribution in [3.05, 3.63) is 25.3 Å². The summed E-state index contributed by atoms with van der Waals surface area (Å²) in [6.07, 6.45) is 5.25. The van der Waals surface area contributed by atoms with Gasteiger partial charge >= 0.3 is 0 Å². The number of hydrogen-bond donors (Lipinski definition) is 0. The molecule has 0 fully saturated rings. The van der Waals surface area contributed by atoms with Crippen molar-refractivity contribution in [1.82, 2.24) is 9.55 Å². The van der Waals surface area contributed by atoms with Crippen LogP contribution in [0.3, 0.4) is 0 Å². The van der Waals surface area contributed by atoms with Crippen molar-refractivity contribution in [3.8, 4) is 0 Å². The Morgan fingerprint density at radius 2 is 2.57 bits per heavy atom. The van der Waals surface area contributed by atoms with E-state index in [0.29, 0.717) is 0 Å². The zero-order valence-corrected chi connectivity index (χ0v) is 4.13. The molecule has 0 N–H and O–H groups in total. The predicted molar refractivity (Wildman–Crippen MR) is 26.5 cm³/mol. The molecule has 0 aliphatic rings. The smallest absolute Gasteiger partial charge is 0.0952 e. The van der Waals surface area contributed by atoms with Gasteiger partial charge in [0.25, 0.3) is 0 Å². The minimum atomic E-state index is 1.69. The molecule has 36 valence electrons. The predicted octanol–water partition coefficient (Wildman–Crippen LogP) is 0.790. The fourth-order valence-corrected chi connectivity index (χ4v) is 0.391. The number of nitrogens with zero attached hydrogens (tertiary/aromatic N) is 2. The highest BCUT2D eigenvalue weighted by Gasteiger charge is 1.78. The molecule has 7 heavy (non-hydrogen) atoms. The Bertz CT molecular complexity index is 121. The van der Waals surface area contributed by atoms with Gasteiger partial charge in [0.2, 0.25) is 0 Å². The van der Waals surface area contributed by atoms with E-state index in [4.69, 9.17) is 0 Å². The van der Waals surface area contributed by atoms with E-state index in [2.05, 4.69) is 11.5 Å². The van der Waals surface area contributed by atoms with E-state index in [1.54, 1.807) is 17.1 Å². The third kappa shape index (κ3) is 0.796. The normalized spacial score (nSPS) is 9.29. The van der Waals surface area contributed by atoms with Crippen LogP contribution in [0, 0.1) is 6.54 Å². The van der Waals surface area contributed by atoms with Crippen LogP contribution in [-0.2, 0) is 0 Å². The molecular formula is C5H6N2. The number of hydrogen-bond acceptors (Lipinski definition) is 1. The first-order valence-electron chi connectivity index (χ1n) is 2.09. The van der Waals surface area contributed by atoms with Crippen LogP contribution in [0.4, 0.5) is 0 Å². The van der Waals surface area contributed by atoms with Gasteiger partial charge in [-0.25, -0.2) is 4.98 Å². The summed E-state index contributed by atoms with van der Waals surface area (Å²) in [6.45, 7) is 4.70. The van der Waals surface area contributed by atoms with E-state index in [1.807, 2.05) is 13.1 Å². The summed E-state index contributed by atoms with van der Waals surface area (Å²) in [5.74, 6) is 0. The molecule has 1 aromatic rings. The summed E-state index contributed by atoms with van der Waals surface area (Å²) < 4.78 is 1.76. The molecule has 0 unspecified atom stereocenters. The fraction of sp³-hybridized carbons (Fsp3) is 0.200. The van der Waals surface area contributed by atoms with Gasteiger partial charge in [-0.3, -0.25) is 0 Å². The lowest BCUT2D eigenvalue weighted by atomic mass is 10.7. The molecule has 0 spiro atoms. The third-order valence-electron chi connectivity index (χ3n) is 0.763. The molecular weight excluding hydrogens is 88.1 g/mol. The van der Waals surface area contributed by atoms with Gasteiger partial charge in [0.15, 0.2) is 0 Å². The topological polar surface area (TPSA) is 17.8 Å². The Hall–Kier alpha value is -0.790. The van der Waals surface area contributed by atoms with Crippen molar-refractivity contribution in [2.45, 2.75) is 6.92 Å². The van der Waals surface area contributed by atoms with Crippen molar-refractivity contribution in [1.29, 1.82) is 0 Å². The quantitative estimate of drug-likeness (QED) is 0.503. The van der Waals surface area contributed by atoms with E-state index in [1.165, 1.54) is 0 Å². The van der Waals surface area contributed by atoms with Crippen LogP contribution in [0.25, 0.3) is 0 Å². The Balaban J connectivity index is 2.76. The molecule has 0 bridgehead atoms. The SMILES string of the molecule is C[C]n1ccnc1. The van der Waals surface area contributed by atoms with Crippen LogP contribution >= 0.6 is 0 Å². The molecule has 0 saturated carbocycles. The van der Waals surface area contributed by atoms with Crippen LogP contribution in [0.1, 0.15) is 6.92 Å². The second-order valence-corrected chi connectivity index (χ2v) is 1.19. The molecule has 0 aliphatic heterocycles. The van der Waals surface area contributed by atoms with E-state index in [0.717, 1.165) is 0 Å². The molecule has 0 aliphatic carbocycles. The third-order valence-corrected chi connectivity index (χ3v) is 0.763. The maximum atomic E-state index is 3.79. The van der Waals surface area contributed by atoms with E-state index < -0.39 is 0 Å². The summed E-state index contributed by atoms with van der Waals surface area (Å²) in [5, 5.41) is 0. The second kappa shape index (κ2) is 1.78. The fourth-order valence-electron chi connectivity index (χ4n) is 0.391. The first kappa shape index (κ1) is 4.37. The lowest BCUT2D eigenvalue weighted by Crippen LogP contribution is -1.82. The number of aromatic nitrogens is 2. The first-order chi connectivity index (χ1) is 3.43. The molecule has 1 rings (SSSR count). The molecule has 0 aromatic carbocycles. The van der Waals surface area contributed by atoms with Gasteiger partial charge in [-0.15, -0.1) is 0 Å². The van der Waals surface area contributed by atoms with Gasteiger partial charge in [-0.2, -0.15) is 0 Å². The molecule has 2 heteroatoms. The Morgan fingerprint density at radius 1 is 1.71 bits per heavy atom. The van der Waals surface area contributed by atoms with Crippen molar-refractivity contribution >= 4 is 0 Å². The molecule has 1 aromatic heterocycles. The Morgan fingerprint density at radius 3 is 2.86 bits per heavy atom. The number of imidazole rings is 1. The van der Waals surface area contributed by atoms with Gasteiger partial charge in [-0.05, 0) is 6.92 Å². The zero-order valence-electron chi connectivity index (χ0n) is 4.13. The van der Waals surface area contributed by atoms with Crippen molar-refractivity contribution < 1.29 is 0 Å². The van der Waals surface area contributed by atoms with Gasteiger partial charge in [0.1, 0.15) is 0 Å². The zero-order chi connectivity index (χ0) is 5.11. The summed E-state index contributed by atoms with van der Waals surface area (Å²) >= 11 is 0. The minimum absolute atomic E-state index is 1.69. The summed E-state index contributed by atoms with van der Waals surface area (Å²) in [5.41, 5.74) is 0. The van der Waals surface area contributed by atoms with Crippen LogP contribution in [0.2, 0.25) is 0 Å². The number of rotatable bonds is 1.